The van der Waals surface area contributed by atoms with E-state index in [2.05, 4.69) is 20.7 Å². The molecule has 0 heterocycles. The van der Waals surface area contributed by atoms with Crippen molar-refractivity contribution in [3.63, 3.8) is 0 Å². The van der Waals surface area contributed by atoms with Crippen molar-refractivity contribution in [2.24, 2.45) is 0 Å². The summed E-state index contributed by atoms with van der Waals surface area (Å²) in [6, 6.07) is 8.33. The molecule has 0 radical (unpaired) electrons. The molecule has 106 valence electrons. The van der Waals surface area contributed by atoms with Crippen LogP contribution in [0.4, 0.5) is 10.1 Å². The van der Waals surface area contributed by atoms with E-state index >= 15 is 0 Å². The summed E-state index contributed by atoms with van der Waals surface area (Å²) >= 11 is 3.42. The number of sulfonamides is 1. The van der Waals surface area contributed by atoms with E-state index in [0.29, 0.717) is 5.69 Å². The Kier molecular flexibility index (Phi) is 4.15. The molecular formula is C14H13BrFNO2S. The Bertz CT molecular complexity index is 737. The molecule has 0 atom stereocenters. The summed E-state index contributed by atoms with van der Waals surface area (Å²) < 4.78 is 40.9. The fraction of sp³-hybridized carbons (Fsp3) is 0.143. The van der Waals surface area contributed by atoms with Crippen LogP contribution in [-0.4, -0.2) is 8.42 Å². The van der Waals surface area contributed by atoms with Gasteiger partial charge in [0.25, 0.3) is 10.0 Å². The molecule has 0 aliphatic rings. The average molecular weight is 358 g/mol. The number of rotatable bonds is 3. The van der Waals surface area contributed by atoms with Gasteiger partial charge in [-0.1, -0.05) is 22.0 Å². The molecule has 2 rings (SSSR count). The second-order valence-electron chi connectivity index (χ2n) is 4.49. The number of nitrogens with one attached hydrogen (secondary N) is 1. The second kappa shape index (κ2) is 5.54. The Morgan fingerprint density at radius 3 is 2.25 bits per heavy atom. The predicted octanol–water partition coefficient (Wildman–Crippen LogP) is 4.01. The molecule has 3 nitrogen and oxygen atoms in total. The number of benzene rings is 2. The third-order valence-corrected chi connectivity index (χ3v) is 5.42. The normalized spacial score (nSPS) is 11.4. The zero-order valence-electron chi connectivity index (χ0n) is 10.9. The van der Waals surface area contributed by atoms with Crippen molar-refractivity contribution in [1.29, 1.82) is 0 Å². The number of anilines is 1. The van der Waals surface area contributed by atoms with Gasteiger partial charge in [0.15, 0.2) is 0 Å². The molecule has 0 saturated heterocycles. The topological polar surface area (TPSA) is 46.2 Å². The molecule has 0 amide bonds. The first-order valence-corrected chi connectivity index (χ1v) is 8.12. The van der Waals surface area contributed by atoms with Crippen LogP contribution in [0.1, 0.15) is 11.1 Å². The summed E-state index contributed by atoms with van der Waals surface area (Å²) in [5, 5.41) is 0. The lowest BCUT2D eigenvalue weighted by molar-refractivity contribution is 0.595. The molecule has 0 bridgehead atoms. The van der Waals surface area contributed by atoms with E-state index in [9.17, 15) is 12.8 Å². The van der Waals surface area contributed by atoms with Crippen LogP contribution >= 0.6 is 15.9 Å². The van der Waals surface area contributed by atoms with E-state index in [0.717, 1.165) is 21.7 Å². The first-order valence-electron chi connectivity index (χ1n) is 5.85. The molecule has 0 fully saturated rings. The van der Waals surface area contributed by atoms with Crippen LogP contribution in [0.15, 0.2) is 45.8 Å². The Labute approximate surface area is 126 Å². The van der Waals surface area contributed by atoms with Gasteiger partial charge in [-0.2, -0.15) is 0 Å². The lowest BCUT2D eigenvalue weighted by Crippen LogP contribution is -2.13. The quantitative estimate of drug-likeness (QED) is 0.901. The monoisotopic (exact) mass is 357 g/mol. The molecular weight excluding hydrogens is 345 g/mol. The Balaban J connectivity index is 2.38. The summed E-state index contributed by atoms with van der Waals surface area (Å²) in [6.07, 6.45) is 0. The first-order chi connectivity index (χ1) is 9.29. The zero-order valence-corrected chi connectivity index (χ0v) is 13.3. The largest absolute Gasteiger partial charge is 0.280 e. The Morgan fingerprint density at radius 2 is 1.70 bits per heavy atom. The van der Waals surface area contributed by atoms with Crippen molar-refractivity contribution in [2.45, 2.75) is 18.7 Å². The highest BCUT2D eigenvalue weighted by molar-refractivity contribution is 9.10. The van der Waals surface area contributed by atoms with Gasteiger partial charge in [0, 0.05) is 10.2 Å². The summed E-state index contributed by atoms with van der Waals surface area (Å²) in [5.41, 5.74) is 2.29. The maximum Gasteiger partial charge on any atom is 0.261 e. The summed E-state index contributed by atoms with van der Waals surface area (Å²) in [4.78, 5) is -0.101. The standard InChI is InChI=1S/C14H13BrFNO2S/c1-9-6-12(7-10(2)14(9)15)17-20(18,19)13-5-3-4-11(16)8-13/h3-8,17H,1-2H3. The molecule has 20 heavy (non-hydrogen) atoms. The highest BCUT2D eigenvalue weighted by Crippen LogP contribution is 2.26. The molecule has 0 aliphatic carbocycles. The molecule has 0 spiro atoms. The average Bonchev–Trinajstić information content (AvgIpc) is 2.35. The van der Waals surface area contributed by atoms with Gasteiger partial charge in [-0.25, -0.2) is 12.8 Å². The molecule has 2 aromatic carbocycles. The summed E-state index contributed by atoms with van der Waals surface area (Å²) in [5.74, 6) is -0.587. The minimum Gasteiger partial charge on any atom is -0.280 e. The molecule has 0 unspecified atom stereocenters. The van der Waals surface area contributed by atoms with Crippen LogP contribution in [0, 0.1) is 19.7 Å². The van der Waals surface area contributed by atoms with Gasteiger partial charge in [-0.3, -0.25) is 4.72 Å². The fourth-order valence-corrected chi connectivity index (χ4v) is 3.15. The van der Waals surface area contributed by atoms with Crippen molar-refractivity contribution >= 4 is 31.6 Å². The molecule has 0 aromatic heterocycles. The van der Waals surface area contributed by atoms with Gasteiger partial charge >= 0.3 is 0 Å². The highest BCUT2D eigenvalue weighted by atomic mass is 79.9. The van der Waals surface area contributed by atoms with Gasteiger partial charge in [-0.05, 0) is 55.3 Å². The third-order valence-electron chi connectivity index (χ3n) is 2.80. The van der Waals surface area contributed by atoms with Crippen LogP contribution < -0.4 is 4.72 Å². The van der Waals surface area contributed by atoms with Crippen LogP contribution in [0.2, 0.25) is 0 Å². The minimum absolute atomic E-state index is 0.101. The number of aryl methyl sites for hydroxylation is 2. The zero-order chi connectivity index (χ0) is 14.9. The maximum absolute atomic E-state index is 13.1. The van der Waals surface area contributed by atoms with E-state index < -0.39 is 15.8 Å². The molecule has 2 aromatic rings. The lowest BCUT2D eigenvalue weighted by atomic mass is 10.1. The van der Waals surface area contributed by atoms with Crippen LogP contribution in [0.3, 0.4) is 0 Å². The smallest absolute Gasteiger partial charge is 0.261 e. The summed E-state index contributed by atoms with van der Waals surface area (Å²) in [7, 11) is -3.79. The fourth-order valence-electron chi connectivity index (χ4n) is 1.85. The van der Waals surface area contributed by atoms with E-state index in [1.54, 1.807) is 12.1 Å². The van der Waals surface area contributed by atoms with Gasteiger partial charge in [-0.15, -0.1) is 0 Å². The van der Waals surface area contributed by atoms with Gasteiger partial charge in [0.2, 0.25) is 0 Å². The van der Waals surface area contributed by atoms with E-state index in [-0.39, 0.29) is 4.90 Å². The van der Waals surface area contributed by atoms with Crippen molar-refractivity contribution in [2.75, 3.05) is 4.72 Å². The van der Waals surface area contributed by atoms with Gasteiger partial charge in [0.1, 0.15) is 5.82 Å². The third kappa shape index (κ3) is 3.19. The minimum atomic E-state index is -3.79. The molecule has 6 heteroatoms. The summed E-state index contributed by atoms with van der Waals surface area (Å²) in [6.45, 7) is 3.74. The SMILES string of the molecule is Cc1cc(NS(=O)(=O)c2cccc(F)c2)cc(C)c1Br. The van der Waals surface area contributed by atoms with Crippen molar-refractivity contribution in [3.8, 4) is 0 Å². The first kappa shape index (κ1) is 15.0. The van der Waals surface area contributed by atoms with Crippen molar-refractivity contribution in [1.82, 2.24) is 0 Å². The van der Waals surface area contributed by atoms with Crippen molar-refractivity contribution in [3.05, 3.63) is 57.8 Å². The van der Waals surface area contributed by atoms with Crippen molar-refractivity contribution < 1.29 is 12.8 Å². The van der Waals surface area contributed by atoms with Crippen LogP contribution in [-0.2, 0) is 10.0 Å². The Hall–Kier alpha value is -1.40. The van der Waals surface area contributed by atoms with E-state index in [4.69, 9.17) is 0 Å². The predicted molar refractivity (Wildman–Crippen MR) is 80.8 cm³/mol. The Morgan fingerprint density at radius 1 is 1.10 bits per heavy atom. The number of halogens is 2. The number of hydrogen-bond donors (Lipinski definition) is 1. The van der Waals surface area contributed by atoms with E-state index in [1.807, 2.05) is 13.8 Å². The van der Waals surface area contributed by atoms with E-state index in [1.165, 1.54) is 18.2 Å². The maximum atomic E-state index is 13.1. The highest BCUT2D eigenvalue weighted by Gasteiger charge is 2.15. The second-order valence-corrected chi connectivity index (χ2v) is 6.96. The molecule has 1 N–H and O–H groups in total. The molecule has 0 aliphatic heterocycles. The number of hydrogen-bond acceptors (Lipinski definition) is 2. The molecule has 0 saturated carbocycles. The van der Waals surface area contributed by atoms with Gasteiger partial charge in [0.05, 0.1) is 4.90 Å². The lowest BCUT2D eigenvalue weighted by Gasteiger charge is -2.11. The van der Waals surface area contributed by atoms with Gasteiger partial charge < -0.3 is 0 Å². The van der Waals surface area contributed by atoms with Crippen LogP contribution in [0.5, 0.6) is 0 Å². The van der Waals surface area contributed by atoms with Crippen LogP contribution in [0.25, 0.3) is 0 Å².